The smallest absolute Gasteiger partial charge is 0.124 e. The van der Waals surface area contributed by atoms with Crippen molar-refractivity contribution in [3.05, 3.63) is 29.3 Å². The van der Waals surface area contributed by atoms with Crippen molar-refractivity contribution in [2.24, 2.45) is 0 Å². The van der Waals surface area contributed by atoms with Gasteiger partial charge in [0.15, 0.2) is 0 Å². The normalized spacial score (nSPS) is 14.2. The molecule has 0 aliphatic heterocycles. The number of hydrogen-bond acceptors (Lipinski definition) is 3. The Morgan fingerprint density at radius 3 is 2.58 bits per heavy atom. The Balaban J connectivity index is 2.78. The van der Waals surface area contributed by atoms with Crippen LogP contribution in [-0.2, 0) is 11.3 Å². The van der Waals surface area contributed by atoms with Crippen LogP contribution in [-0.4, -0.2) is 20.3 Å². The van der Waals surface area contributed by atoms with Crippen molar-refractivity contribution in [2.45, 2.75) is 52.4 Å². The first-order valence-corrected chi connectivity index (χ1v) is 7.08. The summed E-state index contributed by atoms with van der Waals surface area (Å²) in [6.07, 6.45) is 2.53. The maximum atomic E-state index is 5.88. The summed E-state index contributed by atoms with van der Waals surface area (Å²) in [6, 6.07) is 6.61. The number of rotatable bonds is 8. The average Bonchev–Trinajstić information content (AvgIpc) is 2.44. The fraction of sp³-hybridized carbons (Fsp3) is 0.625. The molecule has 3 heteroatoms. The van der Waals surface area contributed by atoms with E-state index in [0.29, 0.717) is 18.8 Å². The van der Waals surface area contributed by atoms with Gasteiger partial charge in [-0.2, -0.15) is 0 Å². The maximum absolute atomic E-state index is 5.88. The first-order valence-electron chi connectivity index (χ1n) is 7.08. The largest absolute Gasteiger partial charge is 0.496 e. The van der Waals surface area contributed by atoms with Gasteiger partial charge >= 0.3 is 0 Å². The Morgan fingerprint density at radius 1 is 1.26 bits per heavy atom. The summed E-state index contributed by atoms with van der Waals surface area (Å²) in [5.41, 5.74) is 2.37. The van der Waals surface area contributed by atoms with Gasteiger partial charge in [0.1, 0.15) is 5.75 Å². The van der Waals surface area contributed by atoms with Crippen molar-refractivity contribution in [2.75, 3.05) is 14.2 Å². The highest BCUT2D eigenvalue weighted by Crippen LogP contribution is 2.24. The standard InChI is InChI=1S/C16H27NO2/c1-6-7-12(2)19-11-15-10-14(13(3)17-4)8-9-16(15)18-5/h8-10,12-13,17H,6-7,11H2,1-5H3. The highest BCUT2D eigenvalue weighted by atomic mass is 16.5. The Bertz CT molecular complexity index is 379. The molecule has 2 atom stereocenters. The fourth-order valence-electron chi connectivity index (χ4n) is 2.07. The molecule has 19 heavy (non-hydrogen) atoms. The van der Waals surface area contributed by atoms with Crippen molar-refractivity contribution in [1.29, 1.82) is 0 Å². The van der Waals surface area contributed by atoms with Gasteiger partial charge in [0, 0.05) is 11.6 Å². The summed E-state index contributed by atoms with van der Waals surface area (Å²) in [5.74, 6) is 0.899. The zero-order chi connectivity index (χ0) is 14.3. The zero-order valence-electron chi connectivity index (χ0n) is 12.8. The van der Waals surface area contributed by atoms with Gasteiger partial charge in [0.2, 0.25) is 0 Å². The third-order valence-corrected chi connectivity index (χ3v) is 3.46. The minimum absolute atomic E-state index is 0.292. The summed E-state index contributed by atoms with van der Waals surface area (Å²) in [6.45, 7) is 7.05. The van der Waals surface area contributed by atoms with Crippen LogP contribution in [0, 0.1) is 0 Å². The molecule has 1 aromatic rings. The predicted octanol–water partition coefficient (Wildman–Crippen LogP) is 3.68. The van der Waals surface area contributed by atoms with Crippen LogP contribution in [0.15, 0.2) is 18.2 Å². The Hall–Kier alpha value is -1.06. The third kappa shape index (κ3) is 4.84. The third-order valence-electron chi connectivity index (χ3n) is 3.46. The molecule has 1 rings (SSSR count). The van der Waals surface area contributed by atoms with Crippen molar-refractivity contribution in [3.63, 3.8) is 0 Å². The van der Waals surface area contributed by atoms with Gasteiger partial charge in [-0.05, 0) is 45.0 Å². The van der Waals surface area contributed by atoms with E-state index in [1.165, 1.54) is 5.56 Å². The number of ether oxygens (including phenoxy) is 2. The van der Waals surface area contributed by atoms with Crippen molar-refractivity contribution in [3.8, 4) is 5.75 Å². The average molecular weight is 265 g/mol. The van der Waals surface area contributed by atoms with Crippen LogP contribution in [0.5, 0.6) is 5.75 Å². The molecule has 2 unspecified atom stereocenters. The van der Waals surface area contributed by atoms with Crippen molar-refractivity contribution >= 4 is 0 Å². The molecular weight excluding hydrogens is 238 g/mol. The lowest BCUT2D eigenvalue weighted by Crippen LogP contribution is -2.13. The molecule has 0 heterocycles. The van der Waals surface area contributed by atoms with E-state index in [2.05, 4.69) is 38.2 Å². The topological polar surface area (TPSA) is 30.5 Å². The second kappa shape index (κ2) is 8.18. The fourth-order valence-corrected chi connectivity index (χ4v) is 2.07. The molecule has 0 aliphatic rings. The Kier molecular flexibility index (Phi) is 6.89. The molecule has 0 saturated heterocycles. The summed E-state index contributed by atoms with van der Waals surface area (Å²) in [5, 5.41) is 3.25. The second-order valence-corrected chi connectivity index (χ2v) is 4.99. The molecule has 3 nitrogen and oxygen atoms in total. The van der Waals surface area contributed by atoms with Crippen molar-refractivity contribution < 1.29 is 9.47 Å². The van der Waals surface area contributed by atoms with Crippen LogP contribution in [0.3, 0.4) is 0 Å². The van der Waals surface area contributed by atoms with Gasteiger partial charge < -0.3 is 14.8 Å². The highest BCUT2D eigenvalue weighted by Gasteiger charge is 2.10. The molecule has 108 valence electrons. The summed E-state index contributed by atoms with van der Waals surface area (Å²) >= 11 is 0. The monoisotopic (exact) mass is 265 g/mol. The van der Waals surface area contributed by atoms with E-state index in [1.54, 1.807) is 7.11 Å². The van der Waals surface area contributed by atoms with E-state index < -0.39 is 0 Å². The van der Waals surface area contributed by atoms with Crippen LogP contribution >= 0.6 is 0 Å². The second-order valence-electron chi connectivity index (χ2n) is 4.99. The van der Waals surface area contributed by atoms with E-state index in [0.717, 1.165) is 24.2 Å². The van der Waals surface area contributed by atoms with Gasteiger partial charge in [-0.3, -0.25) is 0 Å². The molecular formula is C16H27NO2. The minimum Gasteiger partial charge on any atom is -0.496 e. The Labute approximate surface area is 117 Å². The molecule has 1 N–H and O–H groups in total. The Morgan fingerprint density at radius 2 is 2.00 bits per heavy atom. The predicted molar refractivity (Wildman–Crippen MR) is 79.6 cm³/mol. The quantitative estimate of drug-likeness (QED) is 0.777. The van der Waals surface area contributed by atoms with Crippen LogP contribution in [0.25, 0.3) is 0 Å². The molecule has 0 aliphatic carbocycles. The number of benzene rings is 1. The van der Waals surface area contributed by atoms with E-state index in [-0.39, 0.29) is 0 Å². The van der Waals surface area contributed by atoms with E-state index >= 15 is 0 Å². The van der Waals surface area contributed by atoms with Crippen LogP contribution in [0.2, 0.25) is 0 Å². The van der Waals surface area contributed by atoms with Gasteiger partial charge in [-0.15, -0.1) is 0 Å². The lowest BCUT2D eigenvalue weighted by molar-refractivity contribution is 0.0460. The first-order chi connectivity index (χ1) is 9.12. The minimum atomic E-state index is 0.292. The molecule has 1 aromatic carbocycles. The highest BCUT2D eigenvalue weighted by molar-refractivity contribution is 5.38. The van der Waals surface area contributed by atoms with E-state index in [9.17, 15) is 0 Å². The SMILES string of the molecule is CCCC(C)OCc1cc(C(C)NC)ccc1OC. The summed E-state index contributed by atoms with van der Waals surface area (Å²) in [4.78, 5) is 0. The number of hydrogen-bond donors (Lipinski definition) is 1. The zero-order valence-corrected chi connectivity index (χ0v) is 12.8. The van der Waals surface area contributed by atoms with Gasteiger partial charge in [-0.25, -0.2) is 0 Å². The molecule has 0 saturated carbocycles. The molecule has 0 spiro atoms. The lowest BCUT2D eigenvalue weighted by atomic mass is 10.0. The van der Waals surface area contributed by atoms with E-state index in [1.807, 2.05) is 13.1 Å². The number of methoxy groups -OCH3 is 1. The van der Waals surface area contributed by atoms with Crippen LogP contribution in [0.4, 0.5) is 0 Å². The van der Waals surface area contributed by atoms with Crippen molar-refractivity contribution in [1.82, 2.24) is 5.32 Å². The van der Waals surface area contributed by atoms with Gasteiger partial charge in [-0.1, -0.05) is 19.4 Å². The first kappa shape index (κ1) is 16.0. The number of nitrogens with one attached hydrogen (secondary N) is 1. The molecule has 0 radical (unpaired) electrons. The van der Waals surface area contributed by atoms with Crippen LogP contribution in [0.1, 0.15) is 50.8 Å². The van der Waals surface area contributed by atoms with Gasteiger partial charge in [0.25, 0.3) is 0 Å². The maximum Gasteiger partial charge on any atom is 0.124 e. The van der Waals surface area contributed by atoms with Crippen LogP contribution < -0.4 is 10.1 Å². The summed E-state index contributed by atoms with van der Waals surface area (Å²) in [7, 11) is 3.67. The lowest BCUT2D eigenvalue weighted by Gasteiger charge is -2.17. The molecule has 0 bridgehead atoms. The molecule has 0 aromatic heterocycles. The summed E-state index contributed by atoms with van der Waals surface area (Å²) < 4.78 is 11.3. The molecule has 0 amide bonds. The van der Waals surface area contributed by atoms with E-state index in [4.69, 9.17) is 9.47 Å². The molecule has 0 fully saturated rings. The van der Waals surface area contributed by atoms with Gasteiger partial charge in [0.05, 0.1) is 19.8 Å².